The number of amides is 3. The number of nitrogens with two attached hydrogens (primary N) is 1. The minimum absolute atomic E-state index is 0.0395. The quantitative estimate of drug-likeness (QED) is 0.771. The number of carbonyl (C=O) groups is 2. The van der Waals surface area contributed by atoms with Crippen LogP contribution < -0.4 is 11.1 Å². The molecule has 2 aromatic rings. The number of carbonyl (C=O) groups excluding carboxylic acids is 2. The van der Waals surface area contributed by atoms with Crippen LogP contribution in [0.3, 0.4) is 0 Å². The monoisotopic (exact) mass is 426 g/mol. The van der Waals surface area contributed by atoms with Gasteiger partial charge in [-0.2, -0.15) is 13.2 Å². The van der Waals surface area contributed by atoms with E-state index in [1.165, 1.54) is 17.0 Å². The van der Waals surface area contributed by atoms with E-state index in [0.717, 1.165) is 30.7 Å². The fourth-order valence-electron chi connectivity index (χ4n) is 3.71. The van der Waals surface area contributed by atoms with Gasteiger partial charge in [-0.3, -0.25) is 4.79 Å². The van der Waals surface area contributed by atoms with Crippen molar-refractivity contribution < 1.29 is 22.8 Å². The van der Waals surface area contributed by atoms with Crippen LogP contribution in [0.15, 0.2) is 24.3 Å². The van der Waals surface area contributed by atoms with Crippen molar-refractivity contribution in [1.29, 1.82) is 0 Å². The Kier molecular flexibility index (Phi) is 4.72. The molecular weight excluding hydrogens is 409 g/mol. The Labute approximate surface area is 169 Å². The smallest absolute Gasteiger partial charge is 0.365 e. The molecule has 3 N–H and O–H groups in total. The maximum absolute atomic E-state index is 12.9. The second kappa shape index (κ2) is 6.98. The fourth-order valence-corrected chi connectivity index (χ4v) is 4.17. The number of rotatable bonds is 3. The van der Waals surface area contributed by atoms with Gasteiger partial charge in [-0.1, -0.05) is 17.7 Å². The topological polar surface area (TPSA) is 80.4 Å². The van der Waals surface area contributed by atoms with E-state index >= 15 is 0 Å². The molecule has 0 atom stereocenters. The van der Waals surface area contributed by atoms with E-state index in [2.05, 4.69) is 5.32 Å². The van der Waals surface area contributed by atoms with E-state index < -0.39 is 23.7 Å². The zero-order valence-electron chi connectivity index (χ0n) is 15.2. The summed E-state index contributed by atoms with van der Waals surface area (Å²) in [6.07, 6.45) is -2.53. The summed E-state index contributed by atoms with van der Waals surface area (Å²) in [6.45, 7) is 0.862. The maximum Gasteiger partial charge on any atom is 0.416 e. The highest BCUT2D eigenvalue weighted by Gasteiger charge is 2.37. The minimum Gasteiger partial charge on any atom is -0.365 e. The highest BCUT2D eigenvalue weighted by molar-refractivity contribution is 6.35. The lowest BCUT2D eigenvalue weighted by Gasteiger charge is -2.30. The highest BCUT2D eigenvalue weighted by Crippen LogP contribution is 2.46. The van der Waals surface area contributed by atoms with Crippen molar-refractivity contribution in [2.45, 2.75) is 38.0 Å². The third-order valence-corrected chi connectivity index (χ3v) is 5.61. The number of nitrogens with one attached hydrogen (secondary N) is 1. The first-order chi connectivity index (χ1) is 13.7. The summed E-state index contributed by atoms with van der Waals surface area (Å²) in [4.78, 5) is 26.0. The van der Waals surface area contributed by atoms with E-state index in [9.17, 15) is 22.8 Å². The Balaban J connectivity index is 1.57. The molecule has 3 amide bonds. The molecule has 2 aliphatic rings. The van der Waals surface area contributed by atoms with Crippen LogP contribution in [0.5, 0.6) is 0 Å². The van der Waals surface area contributed by atoms with Crippen molar-refractivity contribution in [1.82, 2.24) is 9.47 Å². The lowest BCUT2D eigenvalue weighted by molar-refractivity contribution is -0.137. The fraction of sp³-hybridized carbons (Fsp3) is 0.368. The number of primary amides is 1. The number of hydrogen-bond acceptors (Lipinski definition) is 2. The number of aromatic nitrogens is 1. The van der Waals surface area contributed by atoms with Gasteiger partial charge in [0.25, 0.3) is 5.91 Å². The van der Waals surface area contributed by atoms with E-state index in [1.807, 2.05) is 4.57 Å². The number of benzene rings is 1. The maximum atomic E-state index is 12.9. The number of urea groups is 1. The summed E-state index contributed by atoms with van der Waals surface area (Å²) in [7, 11) is 0. The average molecular weight is 427 g/mol. The van der Waals surface area contributed by atoms with Crippen LogP contribution in [0.2, 0.25) is 5.02 Å². The summed E-state index contributed by atoms with van der Waals surface area (Å²) >= 11 is 6.42. The van der Waals surface area contributed by atoms with E-state index in [-0.39, 0.29) is 17.8 Å². The van der Waals surface area contributed by atoms with Gasteiger partial charge in [-0.15, -0.1) is 0 Å². The SMILES string of the molecule is NC(=O)c1c(Cl)c(C2CC2)n2c1CN(C(=O)Nc1cccc(C(F)(F)F)c1)CC2. The van der Waals surface area contributed by atoms with Crippen molar-refractivity contribution in [3.63, 3.8) is 0 Å². The zero-order valence-corrected chi connectivity index (χ0v) is 16.0. The molecule has 1 aliphatic heterocycles. The molecule has 0 spiro atoms. The normalized spacial score (nSPS) is 16.5. The van der Waals surface area contributed by atoms with Crippen LogP contribution in [0.25, 0.3) is 0 Å². The van der Waals surface area contributed by atoms with Crippen molar-refractivity contribution in [2.24, 2.45) is 5.73 Å². The molecule has 1 fully saturated rings. The van der Waals surface area contributed by atoms with Gasteiger partial charge in [0.2, 0.25) is 0 Å². The standard InChI is InChI=1S/C19H18ClF3N4O2/c20-15-14(17(24)28)13-9-26(6-7-27(13)16(15)10-4-5-10)18(29)25-12-3-1-2-11(8-12)19(21,22)23/h1-3,8,10H,4-7,9H2,(H2,24,28)(H,25,29). The third-order valence-electron chi connectivity index (χ3n) is 5.22. The highest BCUT2D eigenvalue weighted by atomic mass is 35.5. The average Bonchev–Trinajstić information content (AvgIpc) is 3.43. The second-order valence-electron chi connectivity index (χ2n) is 7.24. The summed E-state index contributed by atoms with van der Waals surface area (Å²) in [5, 5.41) is 2.83. The first kappa shape index (κ1) is 19.6. The number of halogens is 4. The molecule has 6 nitrogen and oxygen atoms in total. The van der Waals surface area contributed by atoms with Gasteiger partial charge in [0, 0.05) is 30.4 Å². The van der Waals surface area contributed by atoms with Crippen molar-refractivity contribution >= 4 is 29.2 Å². The molecule has 1 aromatic carbocycles. The molecule has 2 heterocycles. The number of nitrogens with zero attached hydrogens (tertiary/aromatic N) is 2. The summed E-state index contributed by atoms with van der Waals surface area (Å²) in [5.74, 6) is -0.370. The molecule has 0 unspecified atom stereocenters. The Morgan fingerprint density at radius 3 is 2.55 bits per heavy atom. The Morgan fingerprint density at radius 1 is 1.21 bits per heavy atom. The Hall–Kier alpha value is -2.68. The van der Waals surface area contributed by atoms with Gasteiger partial charge in [0.1, 0.15) is 0 Å². The van der Waals surface area contributed by atoms with Crippen LogP contribution >= 0.6 is 11.6 Å². The lowest BCUT2D eigenvalue weighted by Crippen LogP contribution is -2.41. The van der Waals surface area contributed by atoms with Gasteiger partial charge in [0.05, 0.1) is 28.4 Å². The molecule has 1 saturated carbocycles. The number of alkyl halides is 3. The summed E-state index contributed by atoms with van der Waals surface area (Å²) in [5.41, 5.74) is 6.37. The molecule has 1 aromatic heterocycles. The molecule has 10 heteroatoms. The van der Waals surface area contributed by atoms with Gasteiger partial charge in [0.15, 0.2) is 0 Å². The number of fused-ring (bicyclic) bond motifs is 1. The molecule has 4 rings (SSSR count). The zero-order chi connectivity index (χ0) is 20.9. The molecule has 0 saturated heterocycles. The largest absolute Gasteiger partial charge is 0.416 e. The van der Waals surface area contributed by atoms with Gasteiger partial charge in [-0.05, 0) is 31.0 Å². The predicted molar refractivity (Wildman–Crippen MR) is 101 cm³/mol. The number of anilines is 1. The minimum atomic E-state index is -4.50. The molecule has 1 aliphatic carbocycles. The molecule has 29 heavy (non-hydrogen) atoms. The molecule has 0 radical (unpaired) electrons. The third kappa shape index (κ3) is 3.66. The molecule has 154 valence electrons. The summed E-state index contributed by atoms with van der Waals surface area (Å²) < 4.78 is 40.6. The van der Waals surface area contributed by atoms with Gasteiger partial charge >= 0.3 is 12.2 Å². The Bertz CT molecular complexity index is 998. The first-order valence-corrected chi connectivity index (χ1v) is 9.48. The van der Waals surface area contributed by atoms with Crippen LogP contribution in [0.1, 0.15) is 46.1 Å². The van der Waals surface area contributed by atoms with Gasteiger partial charge in [-0.25, -0.2) is 4.79 Å². The van der Waals surface area contributed by atoms with E-state index in [1.54, 1.807) is 0 Å². The van der Waals surface area contributed by atoms with Crippen LogP contribution in [-0.2, 0) is 19.3 Å². The summed E-state index contributed by atoms with van der Waals surface area (Å²) in [6, 6.07) is 3.87. The van der Waals surface area contributed by atoms with Crippen molar-refractivity contribution in [3.8, 4) is 0 Å². The Morgan fingerprint density at radius 2 is 1.93 bits per heavy atom. The van der Waals surface area contributed by atoms with E-state index in [4.69, 9.17) is 17.3 Å². The van der Waals surface area contributed by atoms with Gasteiger partial charge < -0.3 is 20.5 Å². The number of hydrogen-bond donors (Lipinski definition) is 2. The second-order valence-corrected chi connectivity index (χ2v) is 7.62. The van der Waals surface area contributed by atoms with E-state index in [0.29, 0.717) is 29.7 Å². The first-order valence-electron chi connectivity index (χ1n) is 9.10. The van der Waals surface area contributed by atoms with Crippen molar-refractivity contribution in [2.75, 3.05) is 11.9 Å². The van der Waals surface area contributed by atoms with Crippen molar-refractivity contribution in [3.05, 3.63) is 51.8 Å². The van der Waals surface area contributed by atoms with Crippen LogP contribution in [0, 0.1) is 0 Å². The van der Waals surface area contributed by atoms with Crippen LogP contribution in [-0.4, -0.2) is 28.0 Å². The molecule has 0 bridgehead atoms. The predicted octanol–water partition coefficient (Wildman–Crippen LogP) is 4.18. The van der Waals surface area contributed by atoms with Crippen LogP contribution in [0.4, 0.5) is 23.7 Å². The molecular formula is C19H18ClF3N4O2. The lowest BCUT2D eigenvalue weighted by atomic mass is 10.2.